The van der Waals surface area contributed by atoms with E-state index in [0.29, 0.717) is 15.6 Å². The normalized spacial score (nSPS) is 18.1. The largest absolute Gasteiger partial charge is 0.396 e. The van der Waals surface area contributed by atoms with E-state index < -0.39 is 39.6 Å². The Hall–Kier alpha value is -2.10. The summed E-state index contributed by atoms with van der Waals surface area (Å²) >= 11 is 28.3. The SMILES string of the molecule is Nc1cc(NC(=O)c2cc(NC(=O)[C@H]3[C@H](c4ccc(Cl)c(Br)c4)C3(Cl)Cl)ccc2Cl)c(F)cc1F. The molecule has 1 fully saturated rings. The van der Waals surface area contributed by atoms with E-state index in [1.165, 1.54) is 18.2 Å². The topological polar surface area (TPSA) is 84.2 Å². The minimum atomic E-state index is -1.34. The first-order valence-corrected chi connectivity index (χ1v) is 12.2. The summed E-state index contributed by atoms with van der Waals surface area (Å²) in [6, 6.07) is 10.8. The molecule has 1 aliphatic carbocycles. The molecule has 0 spiro atoms. The van der Waals surface area contributed by atoms with Crippen LogP contribution in [0.5, 0.6) is 0 Å². The minimum absolute atomic E-state index is 0.0373. The van der Waals surface area contributed by atoms with Gasteiger partial charge in [0, 0.05) is 22.1 Å². The smallest absolute Gasteiger partial charge is 0.257 e. The van der Waals surface area contributed by atoms with Crippen LogP contribution in [-0.2, 0) is 4.79 Å². The first-order valence-electron chi connectivity index (χ1n) is 9.89. The van der Waals surface area contributed by atoms with Crippen LogP contribution in [-0.4, -0.2) is 16.1 Å². The zero-order chi connectivity index (χ0) is 25.7. The van der Waals surface area contributed by atoms with Crippen molar-refractivity contribution < 1.29 is 18.4 Å². The second-order valence-corrected chi connectivity index (χ2v) is 10.9. The standard InChI is InChI=1S/C23H14BrCl4F2N3O2/c24-12-5-9(1-3-14(12)26)19-20(23(19,27)28)22(35)32-10-2-4-13(25)11(6-10)21(34)33-18-8-17(31)15(29)7-16(18)30/h1-8,19-20H,31H2,(H,32,35)(H,33,34)/t19-,20+/m0/s1. The van der Waals surface area contributed by atoms with E-state index in [1.54, 1.807) is 18.2 Å². The molecule has 182 valence electrons. The second kappa shape index (κ2) is 9.75. The van der Waals surface area contributed by atoms with Gasteiger partial charge in [-0.1, -0.05) is 29.3 Å². The van der Waals surface area contributed by atoms with E-state index in [2.05, 4.69) is 26.6 Å². The maximum atomic E-state index is 14.0. The van der Waals surface area contributed by atoms with Gasteiger partial charge in [0.05, 0.1) is 32.9 Å². The molecule has 0 radical (unpaired) electrons. The first kappa shape index (κ1) is 26.0. The Morgan fingerprint density at radius 3 is 2.31 bits per heavy atom. The molecule has 0 saturated heterocycles. The van der Waals surface area contributed by atoms with Gasteiger partial charge >= 0.3 is 0 Å². The average Bonchev–Trinajstić information content (AvgIpc) is 3.37. The number of benzene rings is 3. The molecule has 0 bridgehead atoms. The number of anilines is 3. The monoisotopic (exact) mass is 621 g/mol. The summed E-state index contributed by atoms with van der Waals surface area (Å²) in [5.41, 5.74) is 5.66. The summed E-state index contributed by atoms with van der Waals surface area (Å²) < 4.78 is 26.7. The van der Waals surface area contributed by atoms with Gasteiger partial charge in [-0.3, -0.25) is 9.59 Å². The minimum Gasteiger partial charge on any atom is -0.396 e. The predicted octanol–water partition coefficient (Wildman–Crippen LogP) is 7.39. The third-order valence-electron chi connectivity index (χ3n) is 5.45. The fourth-order valence-corrected chi connectivity index (χ4v) is 5.17. The summed E-state index contributed by atoms with van der Waals surface area (Å²) in [5, 5.41) is 5.50. The molecule has 1 saturated carbocycles. The lowest BCUT2D eigenvalue weighted by Crippen LogP contribution is -2.18. The number of halogens is 7. The molecule has 3 aromatic carbocycles. The van der Waals surface area contributed by atoms with Crippen molar-refractivity contribution >= 4 is 91.2 Å². The molecule has 1 aliphatic rings. The van der Waals surface area contributed by atoms with Gasteiger partial charge in [0.25, 0.3) is 5.91 Å². The number of carbonyl (C=O) groups is 2. The summed E-state index contributed by atoms with van der Waals surface area (Å²) in [5.74, 6) is -4.50. The van der Waals surface area contributed by atoms with E-state index in [1.807, 2.05) is 0 Å². The van der Waals surface area contributed by atoms with Crippen molar-refractivity contribution in [3.63, 3.8) is 0 Å². The number of rotatable bonds is 5. The predicted molar refractivity (Wildman–Crippen MR) is 139 cm³/mol. The zero-order valence-corrected chi connectivity index (χ0v) is 21.9. The molecule has 12 heteroatoms. The van der Waals surface area contributed by atoms with E-state index in [9.17, 15) is 18.4 Å². The average molecular weight is 624 g/mol. The van der Waals surface area contributed by atoms with Crippen molar-refractivity contribution in [1.29, 1.82) is 0 Å². The number of hydrogen-bond donors (Lipinski definition) is 3. The van der Waals surface area contributed by atoms with Crippen LogP contribution in [0.25, 0.3) is 0 Å². The van der Waals surface area contributed by atoms with E-state index in [0.717, 1.165) is 11.6 Å². The van der Waals surface area contributed by atoms with Crippen LogP contribution in [0.2, 0.25) is 10.0 Å². The maximum Gasteiger partial charge on any atom is 0.257 e. The number of carbonyl (C=O) groups excluding carboxylic acids is 2. The van der Waals surface area contributed by atoms with Crippen LogP contribution in [0.15, 0.2) is 53.0 Å². The molecule has 4 rings (SSSR count). The Bertz CT molecular complexity index is 1370. The Morgan fingerprint density at radius 2 is 1.63 bits per heavy atom. The number of alkyl halides is 2. The third kappa shape index (κ3) is 5.22. The Balaban J connectivity index is 1.52. The van der Waals surface area contributed by atoms with Crippen molar-refractivity contribution in [1.82, 2.24) is 0 Å². The molecule has 3 aromatic rings. The Labute approximate surface area is 227 Å². The second-order valence-electron chi connectivity index (χ2n) is 7.79. The van der Waals surface area contributed by atoms with Gasteiger partial charge in [0.15, 0.2) is 0 Å². The molecule has 0 aliphatic heterocycles. The number of amides is 2. The van der Waals surface area contributed by atoms with Gasteiger partial charge < -0.3 is 16.4 Å². The van der Waals surface area contributed by atoms with E-state index >= 15 is 0 Å². The number of nitrogens with two attached hydrogens (primary N) is 1. The van der Waals surface area contributed by atoms with Crippen LogP contribution < -0.4 is 16.4 Å². The van der Waals surface area contributed by atoms with E-state index in [4.69, 9.17) is 52.1 Å². The number of nitrogen functional groups attached to an aromatic ring is 1. The lowest BCUT2D eigenvalue weighted by atomic mass is 10.1. The quantitative estimate of drug-likeness (QED) is 0.205. The maximum absolute atomic E-state index is 14.0. The van der Waals surface area contributed by atoms with Crippen molar-refractivity contribution in [2.75, 3.05) is 16.4 Å². The molecule has 2 atom stereocenters. The number of hydrogen-bond acceptors (Lipinski definition) is 3. The number of nitrogens with one attached hydrogen (secondary N) is 2. The lowest BCUT2D eigenvalue weighted by molar-refractivity contribution is -0.117. The molecular weight excluding hydrogens is 610 g/mol. The summed E-state index contributed by atoms with van der Waals surface area (Å²) in [4.78, 5) is 25.6. The zero-order valence-electron chi connectivity index (χ0n) is 17.3. The molecule has 0 unspecified atom stereocenters. The van der Waals surface area contributed by atoms with Crippen molar-refractivity contribution in [3.05, 3.63) is 85.8 Å². The molecule has 2 amide bonds. The highest BCUT2D eigenvalue weighted by Crippen LogP contribution is 2.65. The fourth-order valence-electron chi connectivity index (χ4n) is 3.62. The summed E-state index contributed by atoms with van der Waals surface area (Å²) in [6.07, 6.45) is 0. The van der Waals surface area contributed by atoms with Gasteiger partial charge in [0.2, 0.25) is 5.91 Å². The van der Waals surface area contributed by atoms with Gasteiger partial charge in [-0.15, -0.1) is 23.2 Å². The molecule has 4 N–H and O–H groups in total. The van der Waals surface area contributed by atoms with Crippen molar-refractivity contribution in [2.24, 2.45) is 5.92 Å². The molecule has 0 heterocycles. The van der Waals surface area contributed by atoms with Gasteiger partial charge in [-0.25, -0.2) is 8.78 Å². The van der Waals surface area contributed by atoms with Crippen LogP contribution in [0, 0.1) is 17.6 Å². The Kier molecular flexibility index (Phi) is 7.23. The first-order chi connectivity index (χ1) is 16.4. The summed E-state index contributed by atoms with van der Waals surface area (Å²) in [6.45, 7) is 0. The van der Waals surface area contributed by atoms with Crippen molar-refractivity contribution in [3.8, 4) is 0 Å². The molecule has 0 aromatic heterocycles. The lowest BCUT2D eigenvalue weighted by Gasteiger charge is -2.11. The fraction of sp³-hybridized carbons (Fsp3) is 0.130. The van der Waals surface area contributed by atoms with Crippen molar-refractivity contribution in [2.45, 2.75) is 10.3 Å². The van der Waals surface area contributed by atoms with Gasteiger partial charge in [-0.05, 0) is 57.9 Å². The highest BCUT2D eigenvalue weighted by molar-refractivity contribution is 9.10. The highest BCUT2D eigenvalue weighted by atomic mass is 79.9. The molecule has 5 nitrogen and oxygen atoms in total. The summed E-state index contributed by atoms with van der Waals surface area (Å²) in [7, 11) is 0. The van der Waals surface area contributed by atoms with E-state index in [-0.39, 0.29) is 27.6 Å². The van der Waals surface area contributed by atoms with Crippen LogP contribution in [0.3, 0.4) is 0 Å². The molecular formula is C23H14BrCl4F2N3O2. The van der Waals surface area contributed by atoms with Gasteiger partial charge in [-0.2, -0.15) is 0 Å². The van der Waals surface area contributed by atoms with Crippen LogP contribution in [0.4, 0.5) is 25.8 Å². The van der Waals surface area contributed by atoms with Gasteiger partial charge in [0.1, 0.15) is 16.0 Å². The van der Waals surface area contributed by atoms with Crippen LogP contribution >= 0.6 is 62.3 Å². The highest BCUT2D eigenvalue weighted by Gasteiger charge is 2.67. The molecule has 35 heavy (non-hydrogen) atoms. The Morgan fingerprint density at radius 1 is 0.943 bits per heavy atom. The van der Waals surface area contributed by atoms with Crippen LogP contribution in [0.1, 0.15) is 21.8 Å². The third-order valence-corrected chi connectivity index (χ3v) is 7.94.